The molecule has 2 aliphatic carbocycles. The van der Waals surface area contributed by atoms with Crippen LogP contribution >= 0.6 is 0 Å². The highest BCUT2D eigenvalue weighted by Crippen LogP contribution is 2.44. The third-order valence-electron chi connectivity index (χ3n) is 4.55. The van der Waals surface area contributed by atoms with Gasteiger partial charge in [0.1, 0.15) is 0 Å². The molecule has 0 saturated heterocycles. The Morgan fingerprint density at radius 1 is 0.857 bits per heavy atom. The van der Waals surface area contributed by atoms with Crippen molar-refractivity contribution in [1.82, 2.24) is 0 Å². The number of hydrogen-bond donors (Lipinski definition) is 0. The minimum Gasteiger partial charge on any atom is -0.0622 e. The molecule has 0 spiro atoms. The Morgan fingerprint density at radius 2 is 1.21 bits per heavy atom. The molecule has 0 N–H and O–H groups in total. The second kappa shape index (κ2) is 4.68. The SMILES string of the molecule is [CH2]C(C)C(C1CCCC1)C1CCCC1. The maximum atomic E-state index is 4.33. The van der Waals surface area contributed by atoms with Gasteiger partial charge in [0.05, 0.1) is 0 Å². The molecule has 0 bridgehead atoms. The van der Waals surface area contributed by atoms with Crippen LogP contribution in [0.5, 0.6) is 0 Å². The Hall–Kier alpha value is 0. The van der Waals surface area contributed by atoms with Crippen molar-refractivity contribution in [3.63, 3.8) is 0 Å². The summed E-state index contributed by atoms with van der Waals surface area (Å²) in [6, 6.07) is 0. The van der Waals surface area contributed by atoms with Crippen molar-refractivity contribution in [3.8, 4) is 0 Å². The normalized spacial score (nSPS) is 25.7. The lowest BCUT2D eigenvalue weighted by Gasteiger charge is -2.32. The fourth-order valence-corrected chi connectivity index (χ4v) is 4.00. The van der Waals surface area contributed by atoms with Gasteiger partial charge >= 0.3 is 0 Å². The van der Waals surface area contributed by atoms with Crippen molar-refractivity contribution in [1.29, 1.82) is 0 Å². The summed E-state index contributed by atoms with van der Waals surface area (Å²) < 4.78 is 0. The average Bonchev–Trinajstić information content (AvgIpc) is 2.75. The van der Waals surface area contributed by atoms with E-state index < -0.39 is 0 Å². The van der Waals surface area contributed by atoms with Gasteiger partial charge in [-0.15, -0.1) is 0 Å². The van der Waals surface area contributed by atoms with E-state index in [2.05, 4.69) is 13.8 Å². The molecule has 0 amide bonds. The topological polar surface area (TPSA) is 0 Å². The van der Waals surface area contributed by atoms with E-state index in [1.54, 1.807) is 0 Å². The molecule has 2 rings (SSSR count). The summed E-state index contributed by atoms with van der Waals surface area (Å²) in [6.45, 7) is 6.68. The molecule has 0 aromatic rings. The smallest absolute Gasteiger partial charge is 0.0332 e. The van der Waals surface area contributed by atoms with Crippen LogP contribution in [0.15, 0.2) is 0 Å². The molecule has 0 heterocycles. The van der Waals surface area contributed by atoms with Crippen LogP contribution in [0, 0.1) is 30.6 Å². The van der Waals surface area contributed by atoms with Gasteiger partial charge in [-0.3, -0.25) is 0 Å². The van der Waals surface area contributed by atoms with E-state index in [4.69, 9.17) is 0 Å². The van der Waals surface area contributed by atoms with Gasteiger partial charge < -0.3 is 0 Å². The van der Waals surface area contributed by atoms with Crippen LogP contribution in [0.3, 0.4) is 0 Å². The van der Waals surface area contributed by atoms with E-state index in [0.717, 1.165) is 17.8 Å². The first kappa shape index (κ1) is 10.5. The standard InChI is InChI=1S/C14H25/c1-11(2)14(12-7-3-4-8-12)13-9-5-6-10-13/h11-14H,1,3-10H2,2H3. The van der Waals surface area contributed by atoms with Crippen molar-refractivity contribution >= 4 is 0 Å². The third-order valence-corrected chi connectivity index (χ3v) is 4.55. The highest BCUT2D eigenvalue weighted by Gasteiger charge is 2.34. The predicted molar refractivity (Wildman–Crippen MR) is 61.9 cm³/mol. The van der Waals surface area contributed by atoms with E-state index in [1.165, 1.54) is 51.4 Å². The van der Waals surface area contributed by atoms with Gasteiger partial charge in [0.15, 0.2) is 0 Å². The first-order valence-corrected chi connectivity index (χ1v) is 6.62. The zero-order chi connectivity index (χ0) is 9.97. The largest absolute Gasteiger partial charge is 0.0622 e. The summed E-state index contributed by atoms with van der Waals surface area (Å²) in [4.78, 5) is 0. The lowest BCUT2D eigenvalue weighted by Crippen LogP contribution is -2.25. The molecule has 1 radical (unpaired) electrons. The number of hydrogen-bond acceptors (Lipinski definition) is 0. The molecule has 81 valence electrons. The monoisotopic (exact) mass is 193 g/mol. The minimum atomic E-state index is 0.682. The van der Waals surface area contributed by atoms with Crippen molar-refractivity contribution in [2.75, 3.05) is 0 Å². The molecule has 0 nitrogen and oxygen atoms in total. The molecule has 1 atom stereocenters. The van der Waals surface area contributed by atoms with Crippen LogP contribution in [0.25, 0.3) is 0 Å². The van der Waals surface area contributed by atoms with Gasteiger partial charge in [0, 0.05) is 0 Å². The molecule has 0 aromatic heterocycles. The Balaban J connectivity index is 1.98. The fraction of sp³-hybridized carbons (Fsp3) is 0.929. The van der Waals surface area contributed by atoms with E-state index >= 15 is 0 Å². The van der Waals surface area contributed by atoms with E-state index in [-0.39, 0.29) is 0 Å². The average molecular weight is 193 g/mol. The molecule has 2 fully saturated rings. The van der Waals surface area contributed by atoms with E-state index in [1.807, 2.05) is 0 Å². The molecule has 2 saturated carbocycles. The zero-order valence-corrected chi connectivity index (χ0v) is 9.67. The summed E-state index contributed by atoms with van der Waals surface area (Å²) in [5.74, 6) is 3.71. The van der Waals surface area contributed by atoms with Gasteiger partial charge in [0.25, 0.3) is 0 Å². The lowest BCUT2D eigenvalue weighted by atomic mass is 9.73. The molecule has 0 aliphatic heterocycles. The Bertz CT molecular complexity index is 143. The minimum absolute atomic E-state index is 0.682. The van der Waals surface area contributed by atoms with Crippen LogP contribution in [0.1, 0.15) is 58.3 Å². The first-order valence-electron chi connectivity index (χ1n) is 6.62. The van der Waals surface area contributed by atoms with Gasteiger partial charge in [-0.25, -0.2) is 0 Å². The summed E-state index contributed by atoms with van der Waals surface area (Å²) in [5.41, 5.74) is 0. The maximum Gasteiger partial charge on any atom is -0.0332 e. The third kappa shape index (κ3) is 2.15. The van der Waals surface area contributed by atoms with Gasteiger partial charge in [-0.1, -0.05) is 65.2 Å². The molecule has 1 unspecified atom stereocenters. The second-order valence-corrected chi connectivity index (χ2v) is 5.64. The first-order chi connectivity index (χ1) is 6.79. The molecule has 0 aromatic carbocycles. The van der Waals surface area contributed by atoms with Gasteiger partial charge in [-0.2, -0.15) is 0 Å². The molecule has 14 heavy (non-hydrogen) atoms. The summed E-state index contributed by atoms with van der Waals surface area (Å²) in [7, 11) is 0. The predicted octanol–water partition coefficient (Wildman–Crippen LogP) is 4.45. The number of rotatable bonds is 3. The summed E-state index contributed by atoms with van der Waals surface area (Å²) in [6.07, 6.45) is 12.0. The quantitative estimate of drug-likeness (QED) is 0.621. The van der Waals surface area contributed by atoms with E-state index in [0.29, 0.717) is 5.92 Å². The van der Waals surface area contributed by atoms with Crippen LogP contribution < -0.4 is 0 Å². The Labute approximate surface area is 89.5 Å². The lowest BCUT2D eigenvalue weighted by molar-refractivity contribution is 0.182. The molecule has 2 aliphatic rings. The fourth-order valence-electron chi connectivity index (χ4n) is 4.00. The van der Waals surface area contributed by atoms with Crippen molar-refractivity contribution in [2.24, 2.45) is 23.7 Å². The Kier molecular flexibility index (Phi) is 3.52. The van der Waals surface area contributed by atoms with Gasteiger partial charge in [-0.05, 0) is 23.7 Å². The van der Waals surface area contributed by atoms with Crippen LogP contribution in [-0.2, 0) is 0 Å². The van der Waals surface area contributed by atoms with Crippen LogP contribution in [-0.4, -0.2) is 0 Å². The van der Waals surface area contributed by atoms with Crippen LogP contribution in [0.4, 0.5) is 0 Å². The Morgan fingerprint density at radius 3 is 1.50 bits per heavy atom. The van der Waals surface area contributed by atoms with Gasteiger partial charge in [0.2, 0.25) is 0 Å². The van der Waals surface area contributed by atoms with Crippen molar-refractivity contribution in [3.05, 3.63) is 6.92 Å². The highest BCUT2D eigenvalue weighted by atomic mass is 14.4. The molecular formula is C14H25. The summed E-state index contributed by atoms with van der Waals surface area (Å²) in [5, 5.41) is 0. The molecular weight excluding hydrogens is 168 g/mol. The second-order valence-electron chi connectivity index (χ2n) is 5.64. The van der Waals surface area contributed by atoms with Crippen LogP contribution in [0.2, 0.25) is 0 Å². The highest BCUT2D eigenvalue weighted by molar-refractivity contribution is 4.86. The summed E-state index contributed by atoms with van der Waals surface area (Å²) >= 11 is 0. The van der Waals surface area contributed by atoms with Crippen molar-refractivity contribution in [2.45, 2.75) is 58.3 Å². The van der Waals surface area contributed by atoms with E-state index in [9.17, 15) is 0 Å². The maximum absolute atomic E-state index is 4.33. The molecule has 0 heteroatoms. The van der Waals surface area contributed by atoms with Crippen molar-refractivity contribution < 1.29 is 0 Å². The zero-order valence-electron chi connectivity index (χ0n) is 9.67.